The average Bonchev–Trinajstić information content (AvgIpc) is 2.59. The fraction of sp³-hybridized carbons (Fsp3) is 0.111. The molecule has 0 saturated heterocycles. The summed E-state index contributed by atoms with van der Waals surface area (Å²) in [6.45, 7) is -0.0156. The molecule has 0 aliphatic heterocycles. The van der Waals surface area contributed by atoms with Gasteiger partial charge in [-0.05, 0) is 17.7 Å². The lowest BCUT2D eigenvalue weighted by molar-refractivity contribution is -0.147. The Morgan fingerprint density at radius 3 is 2.61 bits per heavy atom. The SMILES string of the molecule is O=C(COc1cccc2ccc(=O)[nH]c12)OCc1ccccc1. The third-order valence-electron chi connectivity index (χ3n) is 3.31. The zero-order valence-electron chi connectivity index (χ0n) is 12.3. The van der Waals surface area contributed by atoms with E-state index >= 15 is 0 Å². The summed E-state index contributed by atoms with van der Waals surface area (Å²) in [4.78, 5) is 25.9. The number of ether oxygens (including phenoxy) is 2. The summed E-state index contributed by atoms with van der Waals surface area (Å²) in [6.07, 6.45) is 0. The molecule has 0 amide bonds. The number of carbonyl (C=O) groups is 1. The number of esters is 1. The van der Waals surface area contributed by atoms with Crippen molar-refractivity contribution in [3.05, 3.63) is 76.6 Å². The quantitative estimate of drug-likeness (QED) is 0.736. The topological polar surface area (TPSA) is 68.4 Å². The molecule has 0 saturated carbocycles. The van der Waals surface area contributed by atoms with Gasteiger partial charge in [-0.3, -0.25) is 4.79 Å². The van der Waals surface area contributed by atoms with Crippen molar-refractivity contribution in [2.45, 2.75) is 6.61 Å². The molecule has 0 aliphatic rings. The summed E-state index contributed by atoms with van der Waals surface area (Å²) >= 11 is 0. The Bertz CT molecular complexity index is 871. The monoisotopic (exact) mass is 309 g/mol. The van der Waals surface area contributed by atoms with Gasteiger partial charge in [0, 0.05) is 11.5 Å². The molecule has 23 heavy (non-hydrogen) atoms. The summed E-state index contributed by atoms with van der Waals surface area (Å²) < 4.78 is 10.6. The van der Waals surface area contributed by atoms with Gasteiger partial charge in [0.2, 0.25) is 5.56 Å². The fourth-order valence-electron chi connectivity index (χ4n) is 2.19. The van der Waals surface area contributed by atoms with Gasteiger partial charge < -0.3 is 14.5 Å². The molecule has 5 heteroatoms. The molecule has 0 spiro atoms. The van der Waals surface area contributed by atoms with Crippen LogP contribution in [0.5, 0.6) is 5.75 Å². The molecule has 3 rings (SSSR count). The number of nitrogens with one attached hydrogen (secondary N) is 1. The highest BCUT2D eigenvalue weighted by molar-refractivity contribution is 5.84. The van der Waals surface area contributed by atoms with Gasteiger partial charge in [-0.25, -0.2) is 4.79 Å². The van der Waals surface area contributed by atoms with E-state index in [-0.39, 0.29) is 18.8 Å². The van der Waals surface area contributed by atoms with Crippen LogP contribution < -0.4 is 10.3 Å². The average molecular weight is 309 g/mol. The summed E-state index contributed by atoms with van der Waals surface area (Å²) in [5.41, 5.74) is 1.26. The highest BCUT2D eigenvalue weighted by Crippen LogP contribution is 2.21. The molecule has 5 nitrogen and oxygen atoms in total. The molecule has 0 fully saturated rings. The number of H-pyrrole nitrogens is 1. The third kappa shape index (κ3) is 3.77. The lowest BCUT2D eigenvalue weighted by atomic mass is 10.2. The van der Waals surface area contributed by atoms with E-state index in [2.05, 4.69) is 4.98 Å². The number of hydrogen-bond acceptors (Lipinski definition) is 4. The van der Waals surface area contributed by atoms with Crippen LogP contribution in [-0.2, 0) is 16.1 Å². The van der Waals surface area contributed by atoms with E-state index in [1.807, 2.05) is 36.4 Å². The van der Waals surface area contributed by atoms with Crippen LogP contribution in [0.15, 0.2) is 65.5 Å². The molecular formula is C18H15NO4. The minimum Gasteiger partial charge on any atom is -0.480 e. The van der Waals surface area contributed by atoms with E-state index in [4.69, 9.17) is 9.47 Å². The van der Waals surface area contributed by atoms with Crippen molar-refractivity contribution in [3.8, 4) is 5.75 Å². The second-order valence-corrected chi connectivity index (χ2v) is 4.98. The van der Waals surface area contributed by atoms with E-state index in [0.29, 0.717) is 11.3 Å². The van der Waals surface area contributed by atoms with Gasteiger partial charge >= 0.3 is 5.97 Å². The summed E-state index contributed by atoms with van der Waals surface area (Å²) in [6, 6.07) is 17.9. The summed E-state index contributed by atoms with van der Waals surface area (Å²) in [5, 5.41) is 0.833. The molecule has 2 aromatic carbocycles. The minimum absolute atomic E-state index is 0.204. The van der Waals surface area contributed by atoms with Crippen LogP contribution in [0.25, 0.3) is 10.9 Å². The molecule has 116 valence electrons. The molecule has 0 unspecified atom stereocenters. The second kappa shape index (κ2) is 6.79. The van der Waals surface area contributed by atoms with Gasteiger partial charge in [0.1, 0.15) is 12.4 Å². The summed E-state index contributed by atoms with van der Waals surface area (Å²) in [5.74, 6) is -0.0269. The maximum atomic E-state index is 11.8. The van der Waals surface area contributed by atoms with Crippen molar-refractivity contribution in [2.75, 3.05) is 6.61 Å². The Morgan fingerprint density at radius 1 is 0.957 bits per heavy atom. The number of pyridine rings is 1. The molecule has 1 N–H and O–H groups in total. The highest BCUT2D eigenvalue weighted by Gasteiger charge is 2.08. The first kappa shape index (κ1) is 14.8. The number of carbonyl (C=O) groups excluding carboxylic acids is 1. The maximum Gasteiger partial charge on any atom is 0.344 e. The normalized spacial score (nSPS) is 10.4. The maximum absolute atomic E-state index is 11.8. The van der Waals surface area contributed by atoms with Crippen LogP contribution in [0.2, 0.25) is 0 Å². The number of rotatable bonds is 5. The Balaban J connectivity index is 1.63. The van der Waals surface area contributed by atoms with E-state index in [1.165, 1.54) is 6.07 Å². The molecule has 1 aromatic heterocycles. The van der Waals surface area contributed by atoms with E-state index < -0.39 is 5.97 Å². The van der Waals surface area contributed by atoms with Gasteiger partial charge in [-0.2, -0.15) is 0 Å². The van der Waals surface area contributed by atoms with Crippen molar-refractivity contribution in [1.82, 2.24) is 4.98 Å². The first-order chi connectivity index (χ1) is 11.2. The Hall–Kier alpha value is -3.08. The Kier molecular flexibility index (Phi) is 4.38. The molecule has 0 aliphatic carbocycles. The molecule has 0 radical (unpaired) electrons. The number of hydrogen-bond donors (Lipinski definition) is 1. The van der Waals surface area contributed by atoms with Crippen LogP contribution in [0.4, 0.5) is 0 Å². The lowest BCUT2D eigenvalue weighted by Crippen LogP contribution is -2.15. The van der Waals surface area contributed by atoms with Gasteiger partial charge in [-0.1, -0.05) is 42.5 Å². The smallest absolute Gasteiger partial charge is 0.344 e. The molecular weight excluding hydrogens is 294 g/mol. The molecule has 0 bridgehead atoms. The number of benzene rings is 2. The van der Waals surface area contributed by atoms with Crippen LogP contribution in [0.3, 0.4) is 0 Å². The van der Waals surface area contributed by atoms with E-state index in [0.717, 1.165) is 10.9 Å². The Morgan fingerprint density at radius 2 is 1.78 bits per heavy atom. The van der Waals surface area contributed by atoms with Gasteiger partial charge in [0.25, 0.3) is 0 Å². The molecule has 0 atom stereocenters. The molecule has 3 aromatic rings. The van der Waals surface area contributed by atoms with E-state index in [1.54, 1.807) is 18.2 Å². The van der Waals surface area contributed by atoms with Crippen molar-refractivity contribution >= 4 is 16.9 Å². The van der Waals surface area contributed by atoms with Crippen molar-refractivity contribution < 1.29 is 14.3 Å². The van der Waals surface area contributed by atoms with Crippen LogP contribution in [0, 0.1) is 0 Å². The standard InChI is InChI=1S/C18H15NO4/c20-16-10-9-14-7-4-8-15(18(14)19-16)22-12-17(21)23-11-13-5-2-1-3-6-13/h1-10H,11-12H2,(H,19,20). The number of para-hydroxylation sites is 1. The van der Waals surface area contributed by atoms with Crippen LogP contribution >= 0.6 is 0 Å². The van der Waals surface area contributed by atoms with Gasteiger partial charge in [0.15, 0.2) is 6.61 Å². The molecule has 1 heterocycles. The van der Waals surface area contributed by atoms with Crippen molar-refractivity contribution in [3.63, 3.8) is 0 Å². The first-order valence-corrected chi connectivity index (χ1v) is 7.17. The van der Waals surface area contributed by atoms with Crippen LogP contribution in [0.1, 0.15) is 5.56 Å². The number of aromatic amines is 1. The summed E-state index contributed by atoms with van der Waals surface area (Å²) in [7, 11) is 0. The van der Waals surface area contributed by atoms with Crippen LogP contribution in [-0.4, -0.2) is 17.6 Å². The zero-order chi connectivity index (χ0) is 16.1. The Labute approximate surface area is 132 Å². The second-order valence-electron chi connectivity index (χ2n) is 4.98. The largest absolute Gasteiger partial charge is 0.480 e. The number of fused-ring (bicyclic) bond motifs is 1. The predicted molar refractivity (Wildman–Crippen MR) is 86.3 cm³/mol. The van der Waals surface area contributed by atoms with Crippen molar-refractivity contribution in [1.29, 1.82) is 0 Å². The lowest BCUT2D eigenvalue weighted by Gasteiger charge is -2.09. The highest BCUT2D eigenvalue weighted by atomic mass is 16.6. The zero-order valence-corrected chi connectivity index (χ0v) is 12.3. The van der Waals surface area contributed by atoms with Gasteiger partial charge in [0.05, 0.1) is 5.52 Å². The van der Waals surface area contributed by atoms with Crippen molar-refractivity contribution in [2.24, 2.45) is 0 Å². The van der Waals surface area contributed by atoms with Gasteiger partial charge in [-0.15, -0.1) is 0 Å². The minimum atomic E-state index is -0.468. The fourth-order valence-corrected chi connectivity index (χ4v) is 2.19. The number of aromatic nitrogens is 1. The third-order valence-corrected chi connectivity index (χ3v) is 3.31. The first-order valence-electron chi connectivity index (χ1n) is 7.17. The predicted octanol–water partition coefficient (Wildman–Crippen LogP) is 2.65. The van der Waals surface area contributed by atoms with E-state index in [9.17, 15) is 9.59 Å².